The molecule has 6 nitrogen and oxygen atoms in total. The number of nitrogens with one attached hydrogen (secondary N) is 1. The lowest BCUT2D eigenvalue weighted by Crippen LogP contribution is -2.26. The largest absolute Gasteiger partial charge is 0.489 e. The highest BCUT2D eigenvalue weighted by Crippen LogP contribution is 2.55. The van der Waals surface area contributed by atoms with E-state index in [1.54, 1.807) is 6.07 Å². The maximum atomic E-state index is 13.3. The third-order valence-electron chi connectivity index (χ3n) is 5.45. The van der Waals surface area contributed by atoms with Crippen molar-refractivity contribution in [2.45, 2.75) is 32.2 Å². The van der Waals surface area contributed by atoms with Crippen molar-refractivity contribution >= 4 is 11.6 Å². The van der Waals surface area contributed by atoms with Crippen LogP contribution < -0.4 is 10.1 Å². The first kappa shape index (κ1) is 19.1. The van der Waals surface area contributed by atoms with Crippen molar-refractivity contribution in [1.29, 1.82) is 0 Å². The molecule has 2 atom stereocenters. The predicted octanol–water partition coefficient (Wildman–Crippen LogP) is 3.72. The second-order valence-electron chi connectivity index (χ2n) is 7.36. The fraction of sp³-hybridized carbons (Fsp3) is 0.318. The van der Waals surface area contributed by atoms with Gasteiger partial charge in [-0.1, -0.05) is 30.3 Å². The van der Waals surface area contributed by atoms with Crippen molar-refractivity contribution in [3.05, 3.63) is 72.1 Å². The number of carbonyl (C=O) groups excluding carboxylic acids is 1. The summed E-state index contributed by atoms with van der Waals surface area (Å²) in [6.45, 7) is 5.06. The van der Waals surface area contributed by atoms with Crippen LogP contribution in [0.25, 0.3) is 0 Å². The molecule has 29 heavy (non-hydrogen) atoms. The zero-order valence-corrected chi connectivity index (χ0v) is 16.4. The summed E-state index contributed by atoms with van der Waals surface area (Å²) in [7, 11) is 0. The van der Waals surface area contributed by atoms with Crippen molar-refractivity contribution in [1.82, 2.24) is 14.8 Å². The van der Waals surface area contributed by atoms with Crippen LogP contribution in [0.2, 0.25) is 0 Å². The zero-order valence-electron chi connectivity index (χ0n) is 16.4. The molecule has 1 N–H and O–H groups in total. The molecule has 150 valence electrons. The highest BCUT2D eigenvalue weighted by molar-refractivity contribution is 5.96. The number of benzene rings is 1. The topological polar surface area (TPSA) is 69.0 Å². The maximum absolute atomic E-state index is 13.3. The Bertz CT molecular complexity index is 1020. The average Bonchev–Trinajstić information content (AvgIpc) is 3.36. The molecule has 4 rings (SSSR count). The number of nitrogens with zero attached hydrogens (tertiary/aromatic N) is 3. The Labute approximate surface area is 168 Å². The summed E-state index contributed by atoms with van der Waals surface area (Å²) in [5.41, 5.74) is 1.86. The number of hydrogen-bond donors (Lipinski definition) is 1. The van der Waals surface area contributed by atoms with Gasteiger partial charge in [-0.05, 0) is 31.9 Å². The van der Waals surface area contributed by atoms with E-state index in [0.717, 1.165) is 23.6 Å². The van der Waals surface area contributed by atoms with E-state index in [1.807, 2.05) is 55.1 Å². The Hall–Kier alpha value is -3.22. The monoisotopic (exact) mass is 394 g/mol. The quantitative estimate of drug-likeness (QED) is 0.620. The molecule has 1 fully saturated rings. The number of pyridine rings is 1. The molecule has 1 aliphatic carbocycles. The predicted molar refractivity (Wildman–Crippen MR) is 107 cm³/mol. The Balaban J connectivity index is 1.53. The normalized spacial score (nSPS) is 20.3. The first-order valence-corrected chi connectivity index (χ1v) is 9.66. The summed E-state index contributed by atoms with van der Waals surface area (Å²) in [5, 5.41) is 7.21. The van der Waals surface area contributed by atoms with Gasteiger partial charge in [-0.15, -0.1) is 0 Å². The Morgan fingerprint density at radius 1 is 1.34 bits per heavy atom. The number of halogens is 1. The van der Waals surface area contributed by atoms with Crippen molar-refractivity contribution in [2.24, 2.45) is 5.92 Å². The average molecular weight is 394 g/mol. The van der Waals surface area contributed by atoms with Crippen molar-refractivity contribution in [3.8, 4) is 5.75 Å². The van der Waals surface area contributed by atoms with Gasteiger partial charge < -0.3 is 10.1 Å². The fourth-order valence-electron chi connectivity index (χ4n) is 3.70. The molecular formula is C22H23FN4O2. The van der Waals surface area contributed by atoms with E-state index >= 15 is 0 Å². The van der Waals surface area contributed by atoms with Gasteiger partial charge in [0.05, 0.1) is 18.7 Å². The van der Waals surface area contributed by atoms with Gasteiger partial charge in [0, 0.05) is 29.9 Å². The molecule has 0 aliphatic heterocycles. The van der Waals surface area contributed by atoms with E-state index in [1.165, 1.54) is 12.3 Å². The molecule has 2 unspecified atom stereocenters. The van der Waals surface area contributed by atoms with Crippen molar-refractivity contribution in [3.63, 3.8) is 0 Å². The van der Waals surface area contributed by atoms with E-state index in [0.29, 0.717) is 18.7 Å². The molecule has 1 amide bonds. The van der Waals surface area contributed by atoms with E-state index in [-0.39, 0.29) is 11.8 Å². The van der Waals surface area contributed by atoms with Crippen molar-refractivity contribution < 1.29 is 13.9 Å². The Morgan fingerprint density at radius 2 is 2.14 bits per heavy atom. The fourth-order valence-corrected chi connectivity index (χ4v) is 3.70. The molecule has 7 heteroatoms. The molecule has 1 aliphatic rings. The number of ether oxygens (including phenoxy) is 1. The summed E-state index contributed by atoms with van der Waals surface area (Å²) < 4.78 is 21.3. The van der Waals surface area contributed by atoms with Crippen LogP contribution in [0.5, 0.6) is 5.75 Å². The molecule has 0 radical (unpaired) electrons. The molecule has 1 aromatic carbocycles. The molecule has 3 aromatic rings. The third-order valence-corrected chi connectivity index (χ3v) is 5.45. The number of aromatic nitrogens is 3. The molecular weight excluding hydrogens is 371 g/mol. The molecule has 0 spiro atoms. The van der Waals surface area contributed by atoms with Gasteiger partial charge in [-0.25, -0.2) is 4.98 Å². The number of anilines is 1. The van der Waals surface area contributed by atoms with Gasteiger partial charge >= 0.3 is 0 Å². The lowest BCUT2D eigenvalue weighted by Gasteiger charge is -2.19. The molecule has 2 aromatic heterocycles. The summed E-state index contributed by atoms with van der Waals surface area (Å²) in [6.07, 6.45) is 3.88. The van der Waals surface area contributed by atoms with Gasteiger partial charge in [-0.3, -0.25) is 9.48 Å². The van der Waals surface area contributed by atoms with Crippen LogP contribution in [0.3, 0.4) is 0 Å². The lowest BCUT2D eigenvalue weighted by atomic mass is 9.93. The van der Waals surface area contributed by atoms with Crippen LogP contribution in [0.15, 0.2) is 54.9 Å². The van der Waals surface area contributed by atoms with E-state index in [4.69, 9.17) is 4.74 Å². The second kappa shape index (κ2) is 7.66. The standard InChI is InChI=1S/C22H23FN4O2/c1-3-27-13-19(15(2)26-27)29-14-22(16-7-5-4-6-8-16)12-18(22)21(28)25-17-9-10-24-20(23)11-17/h4-11,13,18H,3,12,14H2,1-2H3,(H,24,25,28). The molecule has 0 saturated heterocycles. The molecule has 2 heterocycles. The van der Waals surface area contributed by atoms with Crippen LogP contribution in [0, 0.1) is 18.8 Å². The number of hydrogen-bond acceptors (Lipinski definition) is 4. The first-order valence-electron chi connectivity index (χ1n) is 9.66. The highest BCUT2D eigenvalue weighted by Gasteiger charge is 2.60. The molecule has 1 saturated carbocycles. The summed E-state index contributed by atoms with van der Waals surface area (Å²) in [6, 6.07) is 12.7. The van der Waals surface area contributed by atoms with Crippen molar-refractivity contribution in [2.75, 3.05) is 11.9 Å². The highest BCUT2D eigenvalue weighted by atomic mass is 19.1. The molecule has 0 bridgehead atoms. The van der Waals surface area contributed by atoms with Gasteiger partial charge in [0.1, 0.15) is 5.69 Å². The number of rotatable bonds is 7. The minimum Gasteiger partial charge on any atom is -0.489 e. The van der Waals surface area contributed by atoms with Gasteiger partial charge in [-0.2, -0.15) is 9.49 Å². The maximum Gasteiger partial charge on any atom is 0.228 e. The van der Waals surface area contributed by atoms with E-state index in [9.17, 15) is 9.18 Å². The number of aryl methyl sites for hydroxylation is 2. The lowest BCUT2D eigenvalue weighted by molar-refractivity contribution is -0.117. The summed E-state index contributed by atoms with van der Waals surface area (Å²) in [4.78, 5) is 16.4. The summed E-state index contributed by atoms with van der Waals surface area (Å²) >= 11 is 0. The van der Waals surface area contributed by atoms with E-state index < -0.39 is 11.4 Å². The second-order valence-corrected chi connectivity index (χ2v) is 7.36. The van der Waals surface area contributed by atoms with Gasteiger partial charge in [0.25, 0.3) is 0 Å². The van der Waals surface area contributed by atoms with Crippen LogP contribution >= 0.6 is 0 Å². The minimum atomic E-state index is -0.625. The van der Waals surface area contributed by atoms with Crippen LogP contribution in [0.1, 0.15) is 24.6 Å². The van der Waals surface area contributed by atoms with Crippen LogP contribution in [0.4, 0.5) is 10.1 Å². The summed E-state index contributed by atoms with van der Waals surface area (Å²) in [5.74, 6) is -0.309. The first-order chi connectivity index (χ1) is 14.0. The number of amides is 1. The SMILES string of the molecule is CCn1cc(OCC2(c3ccccc3)CC2C(=O)Nc2ccnc(F)c2)c(C)n1. The van der Waals surface area contributed by atoms with Crippen LogP contribution in [-0.4, -0.2) is 27.3 Å². The van der Waals surface area contributed by atoms with Gasteiger partial charge in [0.2, 0.25) is 11.9 Å². The zero-order chi connectivity index (χ0) is 20.4. The smallest absolute Gasteiger partial charge is 0.228 e. The number of carbonyl (C=O) groups is 1. The van der Waals surface area contributed by atoms with E-state index in [2.05, 4.69) is 15.4 Å². The third kappa shape index (κ3) is 3.85. The minimum absolute atomic E-state index is 0.149. The van der Waals surface area contributed by atoms with Gasteiger partial charge in [0.15, 0.2) is 5.75 Å². The Morgan fingerprint density at radius 3 is 2.83 bits per heavy atom. The Kier molecular flexibility index (Phi) is 5.05. The van der Waals surface area contributed by atoms with Crippen LogP contribution in [-0.2, 0) is 16.8 Å².